The minimum absolute atomic E-state index is 0.0985. The molecule has 0 fully saturated rings. The highest BCUT2D eigenvalue weighted by molar-refractivity contribution is 8.14. The van der Waals surface area contributed by atoms with Gasteiger partial charge in [-0.1, -0.05) is 54.2 Å². The Morgan fingerprint density at radius 3 is 2.35 bits per heavy atom. The number of hydrogen-bond acceptors (Lipinski definition) is 2. The van der Waals surface area contributed by atoms with Crippen molar-refractivity contribution in [2.24, 2.45) is 0 Å². The number of allylic oxidation sites excluding steroid dienone is 1. The van der Waals surface area contributed by atoms with Crippen molar-refractivity contribution in [1.82, 2.24) is 4.90 Å². The fourth-order valence-corrected chi connectivity index (χ4v) is 4.88. The van der Waals surface area contributed by atoms with Crippen molar-refractivity contribution >= 4 is 17.0 Å². The first-order valence-electron chi connectivity index (χ1n) is 8.66. The molecule has 0 saturated heterocycles. The number of carbonyl (C=O) groups excluding carboxylic acids is 1. The van der Waals surface area contributed by atoms with Crippen molar-refractivity contribution in [2.45, 2.75) is 70.2 Å². The number of carbonyl (C=O) groups is 1. The summed E-state index contributed by atoms with van der Waals surface area (Å²) < 4.78 is -0.0985. The van der Waals surface area contributed by atoms with Crippen molar-refractivity contribution < 1.29 is 4.79 Å². The molecule has 1 amide bonds. The van der Waals surface area contributed by atoms with E-state index in [0.29, 0.717) is 0 Å². The number of hydrogen-bond donors (Lipinski definition) is 0. The largest absolute Gasteiger partial charge is 0.329 e. The summed E-state index contributed by atoms with van der Waals surface area (Å²) in [7, 11) is 0. The van der Waals surface area contributed by atoms with E-state index in [4.69, 9.17) is 0 Å². The third-order valence-corrected chi connectivity index (χ3v) is 5.63. The molecule has 0 saturated carbocycles. The van der Waals surface area contributed by atoms with E-state index < -0.39 is 0 Å². The number of nitrogens with zero attached hydrogens (tertiary/aromatic N) is 1. The third-order valence-electron chi connectivity index (χ3n) is 4.35. The van der Waals surface area contributed by atoms with Crippen LogP contribution in [-0.2, 0) is 6.42 Å². The van der Waals surface area contributed by atoms with Crippen LogP contribution in [-0.4, -0.2) is 27.0 Å². The van der Waals surface area contributed by atoms with Gasteiger partial charge in [0.2, 0.25) is 0 Å². The number of amides is 1. The topological polar surface area (TPSA) is 20.3 Å². The summed E-state index contributed by atoms with van der Waals surface area (Å²) in [5, 5.41) is 0.206. The number of thioether (sulfide) groups is 1. The summed E-state index contributed by atoms with van der Waals surface area (Å²) in [6, 6.07) is 11.0. The summed E-state index contributed by atoms with van der Waals surface area (Å²) in [6.07, 6.45) is 8.81. The molecule has 0 heterocycles. The van der Waals surface area contributed by atoms with Crippen LogP contribution in [0.2, 0.25) is 0 Å². The minimum Gasteiger partial charge on any atom is -0.329 e. The molecular formula is C20H29NOS. The van der Waals surface area contributed by atoms with Crippen LogP contribution in [0.25, 0.3) is 0 Å². The van der Waals surface area contributed by atoms with Gasteiger partial charge in [-0.2, -0.15) is 0 Å². The summed E-state index contributed by atoms with van der Waals surface area (Å²) >= 11 is 1.53. The van der Waals surface area contributed by atoms with E-state index in [1.807, 2.05) is 11.0 Å². The van der Waals surface area contributed by atoms with Crippen LogP contribution < -0.4 is 0 Å². The normalized spacial score (nSPS) is 21.0. The first kappa shape index (κ1) is 18.1. The smallest absolute Gasteiger partial charge is 0.282 e. The van der Waals surface area contributed by atoms with Crippen molar-refractivity contribution in [1.29, 1.82) is 0 Å². The van der Waals surface area contributed by atoms with Crippen molar-refractivity contribution in [2.75, 3.05) is 0 Å². The van der Waals surface area contributed by atoms with Crippen LogP contribution in [0.15, 0.2) is 42.5 Å². The summed E-state index contributed by atoms with van der Waals surface area (Å²) in [4.78, 5) is 14.9. The van der Waals surface area contributed by atoms with E-state index in [1.165, 1.54) is 17.3 Å². The van der Waals surface area contributed by atoms with Gasteiger partial charge in [-0.15, -0.1) is 0 Å². The van der Waals surface area contributed by atoms with Gasteiger partial charge in [0, 0.05) is 16.8 Å². The van der Waals surface area contributed by atoms with Gasteiger partial charge in [0.25, 0.3) is 5.24 Å². The predicted octanol–water partition coefficient (Wildman–Crippen LogP) is 5.68. The molecule has 126 valence electrons. The summed E-state index contributed by atoms with van der Waals surface area (Å²) in [5.41, 5.74) is 1.31. The fourth-order valence-electron chi connectivity index (χ4n) is 3.35. The fraction of sp³-hybridized carbons (Fsp3) is 0.550. The van der Waals surface area contributed by atoms with Crippen LogP contribution in [0.1, 0.15) is 52.5 Å². The highest BCUT2D eigenvalue weighted by atomic mass is 32.2. The Morgan fingerprint density at radius 1 is 1.17 bits per heavy atom. The average molecular weight is 332 g/mol. The molecule has 0 aromatic heterocycles. The van der Waals surface area contributed by atoms with Gasteiger partial charge >= 0.3 is 0 Å². The van der Waals surface area contributed by atoms with Gasteiger partial charge in [0.05, 0.1) is 0 Å². The van der Waals surface area contributed by atoms with Crippen LogP contribution in [0.3, 0.4) is 0 Å². The lowest BCUT2D eigenvalue weighted by atomic mass is 9.89. The second kappa shape index (κ2) is 8.05. The molecule has 1 aromatic rings. The lowest BCUT2D eigenvalue weighted by molar-refractivity contribution is 0.189. The van der Waals surface area contributed by atoms with Gasteiger partial charge < -0.3 is 4.90 Å². The Balaban J connectivity index is 2.20. The third kappa shape index (κ3) is 4.87. The maximum Gasteiger partial charge on any atom is 0.282 e. The monoisotopic (exact) mass is 331 g/mol. The van der Waals surface area contributed by atoms with E-state index >= 15 is 0 Å². The van der Waals surface area contributed by atoms with E-state index in [9.17, 15) is 4.79 Å². The molecular weight excluding hydrogens is 302 g/mol. The molecule has 0 unspecified atom stereocenters. The highest BCUT2D eigenvalue weighted by Crippen LogP contribution is 2.40. The number of rotatable bonds is 5. The zero-order chi connectivity index (χ0) is 16.9. The minimum atomic E-state index is -0.0985. The van der Waals surface area contributed by atoms with Crippen molar-refractivity contribution in [3.63, 3.8) is 0 Å². The molecule has 0 aliphatic heterocycles. The first-order valence-corrected chi connectivity index (χ1v) is 9.48. The quantitative estimate of drug-likeness (QED) is 0.647. The van der Waals surface area contributed by atoms with Crippen molar-refractivity contribution in [3.8, 4) is 0 Å². The second-order valence-corrected chi connectivity index (χ2v) is 8.35. The molecule has 0 radical (unpaired) electrons. The molecule has 0 spiro atoms. The van der Waals surface area contributed by atoms with Crippen LogP contribution in [0.4, 0.5) is 4.79 Å². The maximum absolute atomic E-state index is 12.9. The molecule has 1 aliphatic rings. The van der Waals surface area contributed by atoms with E-state index in [0.717, 1.165) is 25.7 Å². The van der Waals surface area contributed by atoms with Gasteiger partial charge in [-0.05, 0) is 58.9 Å². The Morgan fingerprint density at radius 2 is 1.83 bits per heavy atom. The van der Waals surface area contributed by atoms with Gasteiger partial charge in [-0.25, -0.2) is 0 Å². The van der Waals surface area contributed by atoms with E-state index in [1.54, 1.807) is 0 Å². The Kier molecular flexibility index (Phi) is 6.34. The molecule has 23 heavy (non-hydrogen) atoms. The summed E-state index contributed by atoms with van der Waals surface area (Å²) in [6.45, 7) is 8.39. The lowest BCUT2D eigenvalue weighted by Crippen LogP contribution is -2.42. The molecule has 1 aliphatic carbocycles. The van der Waals surface area contributed by atoms with Crippen LogP contribution in [0, 0.1) is 0 Å². The average Bonchev–Trinajstić information content (AvgIpc) is 2.48. The van der Waals surface area contributed by atoms with Gasteiger partial charge in [-0.3, -0.25) is 4.79 Å². The summed E-state index contributed by atoms with van der Waals surface area (Å²) in [5.74, 6) is 0. The van der Waals surface area contributed by atoms with E-state index in [2.05, 4.69) is 64.1 Å². The molecule has 2 rings (SSSR count). The maximum atomic E-state index is 12.9. The molecule has 2 nitrogen and oxygen atoms in total. The van der Waals surface area contributed by atoms with E-state index in [-0.39, 0.29) is 22.1 Å². The SMILES string of the molecule is CC(C)N(C(=O)S[C@@]1(Cc2ccccc2)C=CCCC1)C(C)C. The van der Waals surface area contributed by atoms with Crippen molar-refractivity contribution in [3.05, 3.63) is 48.0 Å². The molecule has 1 aromatic carbocycles. The Bertz CT molecular complexity index is 530. The standard InChI is InChI=1S/C20H29NOS/c1-16(2)21(17(3)4)19(22)23-20(13-9-6-10-14-20)15-18-11-7-5-8-12-18/h5,7-9,11-13,16-17H,6,10,14-15H2,1-4H3/t20-/m0/s1. The first-order chi connectivity index (χ1) is 10.9. The van der Waals surface area contributed by atoms with Gasteiger partial charge in [0.1, 0.15) is 0 Å². The molecule has 0 bridgehead atoms. The molecule has 3 heteroatoms. The highest BCUT2D eigenvalue weighted by Gasteiger charge is 2.35. The van der Waals surface area contributed by atoms with Crippen LogP contribution >= 0.6 is 11.8 Å². The zero-order valence-electron chi connectivity index (χ0n) is 14.8. The van der Waals surface area contributed by atoms with Gasteiger partial charge in [0.15, 0.2) is 0 Å². The Hall–Kier alpha value is -1.22. The second-order valence-electron chi connectivity index (χ2n) is 6.98. The molecule has 1 atom stereocenters. The molecule has 0 N–H and O–H groups in total. The Labute approximate surface area is 145 Å². The predicted molar refractivity (Wildman–Crippen MR) is 101 cm³/mol. The number of benzene rings is 1. The zero-order valence-corrected chi connectivity index (χ0v) is 15.6. The lowest BCUT2D eigenvalue weighted by Gasteiger charge is -2.37. The van der Waals surface area contributed by atoms with Crippen LogP contribution in [0.5, 0.6) is 0 Å².